The lowest BCUT2D eigenvalue weighted by Crippen LogP contribution is -2.44. The van der Waals surface area contributed by atoms with Crippen molar-refractivity contribution in [2.75, 3.05) is 47.5 Å². The number of carbonyl (C=O) groups excluding carboxylic acids is 3. The highest BCUT2D eigenvalue weighted by molar-refractivity contribution is 5.70. The van der Waals surface area contributed by atoms with Crippen molar-refractivity contribution < 1.29 is 42.9 Å². The van der Waals surface area contributed by atoms with E-state index in [-0.39, 0.29) is 32.2 Å². The molecule has 0 aromatic heterocycles. The second kappa shape index (κ2) is 57.4. The van der Waals surface area contributed by atoms with Crippen LogP contribution in [0.25, 0.3) is 0 Å². The first-order chi connectivity index (χ1) is 37.1. The fraction of sp³-hybridized carbons (Fsp3) is 0.716. The molecular formula is C67H115NO8. The summed E-state index contributed by atoms with van der Waals surface area (Å²) in [6, 6.07) is 0. The summed E-state index contributed by atoms with van der Waals surface area (Å²) >= 11 is 0. The molecule has 0 heterocycles. The van der Waals surface area contributed by atoms with Crippen LogP contribution in [0.3, 0.4) is 0 Å². The van der Waals surface area contributed by atoms with E-state index in [1.165, 1.54) is 128 Å². The van der Waals surface area contributed by atoms with E-state index in [1.54, 1.807) is 0 Å². The largest absolute Gasteiger partial charge is 0.545 e. The summed E-state index contributed by atoms with van der Waals surface area (Å²) in [6.07, 6.45) is 74.8. The lowest BCUT2D eigenvalue weighted by molar-refractivity contribution is -0.870. The predicted octanol–water partition coefficient (Wildman–Crippen LogP) is 17.2. The van der Waals surface area contributed by atoms with Crippen molar-refractivity contribution >= 4 is 17.9 Å². The van der Waals surface area contributed by atoms with Crippen LogP contribution in [0.15, 0.2) is 97.2 Å². The van der Waals surface area contributed by atoms with Crippen molar-refractivity contribution in [3.63, 3.8) is 0 Å². The Balaban J connectivity index is 4.05. The zero-order chi connectivity index (χ0) is 55.5. The molecule has 0 fully saturated rings. The van der Waals surface area contributed by atoms with Crippen LogP contribution >= 0.6 is 0 Å². The smallest absolute Gasteiger partial charge is 0.306 e. The molecule has 9 heteroatoms. The zero-order valence-electron chi connectivity index (χ0n) is 49.6. The molecule has 0 rings (SSSR count). The minimum Gasteiger partial charge on any atom is -0.545 e. The van der Waals surface area contributed by atoms with Crippen LogP contribution in [0.4, 0.5) is 0 Å². The molecule has 0 amide bonds. The van der Waals surface area contributed by atoms with Gasteiger partial charge in [0.05, 0.1) is 40.3 Å². The Morgan fingerprint density at radius 3 is 1.12 bits per heavy atom. The molecular weight excluding hydrogens is 947 g/mol. The average molecular weight is 1060 g/mol. The topological polar surface area (TPSA) is 111 Å². The first kappa shape index (κ1) is 72.2. The summed E-state index contributed by atoms with van der Waals surface area (Å²) in [5.74, 6) is -2.28. The van der Waals surface area contributed by atoms with Gasteiger partial charge < -0.3 is 33.3 Å². The maximum atomic E-state index is 12.9. The summed E-state index contributed by atoms with van der Waals surface area (Å²) < 4.78 is 22.7. The van der Waals surface area contributed by atoms with E-state index >= 15 is 0 Å². The summed E-state index contributed by atoms with van der Waals surface area (Å²) in [4.78, 5) is 37.2. The first-order valence-corrected chi connectivity index (χ1v) is 30.9. The van der Waals surface area contributed by atoms with E-state index in [2.05, 4.69) is 111 Å². The third-order valence-electron chi connectivity index (χ3n) is 13.1. The second-order valence-electron chi connectivity index (χ2n) is 21.6. The highest BCUT2D eigenvalue weighted by Gasteiger charge is 2.22. The van der Waals surface area contributed by atoms with E-state index in [4.69, 9.17) is 18.9 Å². The van der Waals surface area contributed by atoms with Gasteiger partial charge in [-0.2, -0.15) is 0 Å². The highest BCUT2D eigenvalue weighted by Crippen LogP contribution is 2.16. The van der Waals surface area contributed by atoms with Crippen LogP contribution < -0.4 is 5.11 Å². The number of carboxylic acids is 1. The number of carboxylic acid groups (broad SMARTS) is 1. The molecule has 0 aliphatic rings. The number of nitrogens with zero attached hydrogens (tertiary/aromatic N) is 1. The van der Waals surface area contributed by atoms with Gasteiger partial charge in [-0.15, -0.1) is 0 Å². The number of hydrogen-bond acceptors (Lipinski definition) is 8. The van der Waals surface area contributed by atoms with Gasteiger partial charge in [0.25, 0.3) is 0 Å². The van der Waals surface area contributed by atoms with E-state index in [1.807, 2.05) is 21.1 Å². The molecule has 0 aromatic carbocycles. The van der Waals surface area contributed by atoms with Gasteiger partial charge in [0.2, 0.25) is 0 Å². The molecule has 0 aliphatic carbocycles. The van der Waals surface area contributed by atoms with Gasteiger partial charge in [0, 0.05) is 12.8 Å². The summed E-state index contributed by atoms with van der Waals surface area (Å²) in [6.45, 7) is 4.63. The molecule has 2 unspecified atom stereocenters. The van der Waals surface area contributed by atoms with Crippen molar-refractivity contribution in [3.8, 4) is 0 Å². The van der Waals surface area contributed by atoms with Gasteiger partial charge >= 0.3 is 11.9 Å². The Kier molecular flexibility index (Phi) is 54.5. The standard InChI is InChI=1S/C67H115NO8/c1-6-8-10-12-14-16-18-20-21-22-23-24-25-26-27-28-29-30-31-32-33-34-35-36-37-38-39-40-41-42-43-44-45-46-48-50-52-54-56-58-65(70)76-63(62-75-67(66(71)72)73-60-59-68(3,4)5)61-74-64(69)57-55-53-51-49-47-19-17-15-13-11-9-7-2/h8,10,14,16,20-21,23-24,26-27,29-30,32-33,35-36,63,67H,6-7,9,11-13,15,17-19,22,25,28,31,34,37-62H2,1-5H3/b10-8-,16-14-,21-20-,24-23-,27-26-,30-29-,33-32-,36-35-. The Bertz CT molecular complexity index is 1570. The number of unbranched alkanes of at least 4 members (excludes halogenated alkanes) is 25. The number of allylic oxidation sites excluding steroid dienone is 16. The number of esters is 2. The fourth-order valence-electron chi connectivity index (χ4n) is 8.38. The Morgan fingerprint density at radius 1 is 0.408 bits per heavy atom. The van der Waals surface area contributed by atoms with Gasteiger partial charge in [-0.05, 0) is 77.0 Å². The van der Waals surface area contributed by atoms with Crippen molar-refractivity contribution in [2.24, 2.45) is 0 Å². The number of likely N-dealkylation sites (N-methyl/N-ethyl adjacent to an activating group) is 1. The van der Waals surface area contributed by atoms with Gasteiger partial charge in [0.15, 0.2) is 12.4 Å². The third-order valence-corrected chi connectivity index (χ3v) is 13.1. The van der Waals surface area contributed by atoms with Crippen molar-refractivity contribution in [3.05, 3.63) is 97.2 Å². The van der Waals surface area contributed by atoms with Crippen LogP contribution in [0.2, 0.25) is 0 Å². The SMILES string of the molecule is CC/C=C\C/C=C\C/C=C\C/C=C\C/C=C\C/C=C\C/C=C\C/C=C\CCCCCCCCCCCCCCCCC(=O)OC(COC(=O)CCCCCCCCCCCCCC)COC(OCC[N+](C)(C)C)C(=O)[O-]. The molecule has 0 aliphatic heterocycles. The molecule has 0 saturated carbocycles. The van der Waals surface area contributed by atoms with Crippen LogP contribution in [0.1, 0.15) is 251 Å². The molecule has 0 bridgehead atoms. The molecule has 0 radical (unpaired) electrons. The summed E-state index contributed by atoms with van der Waals surface area (Å²) in [5.41, 5.74) is 0. The third kappa shape index (κ3) is 57.9. The zero-order valence-corrected chi connectivity index (χ0v) is 49.6. The maximum absolute atomic E-state index is 12.9. The van der Waals surface area contributed by atoms with Gasteiger partial charge in [-0.3, -0.25) is 9.59 Å². The normalized spacial score (nSPS) is 13.4. The molecule has 0 aromatic rings. The predicted molar refractivity (Wildman–Crippen MR) is 320 cm³/mol. The summed E-state index contributed by atoms with van der Waals surface area (Å²) in [7, 11) is 5.92. The van der Waals surface area contributed by atoms with Gasteiger partial charge in [-0.1, -0.05) is 259 Å². The lowest BCUT2D eigenvalue weighted by Gasteiger charge is -2.26. The molecule has 0 saturated heterocycles. The Labute approximate surface area is 467 Å². The van der Waals surface area contributed by atoms with Gasteiger partial charge in [-0.25, -0.2) is 0 Å². The van der Waals surface area contributed by atoms with E-state index in [9.17, 15) is 19.5 Å². The molecule has 76 heavy (non-hydrogen) atoms. The minimum absolute atomic E-state index is 0.146. The lowest BCUT2D eigenvalue weighted by atomic mass is 10.0. The monoisotopic (exact) mass is 1060 g/mol. The number of quaternary nitrogens is 1. The second-order valence-corrected chi connectivity index (χ2v) is 21.6. The quantitative estimate of drug-likeness (QED) is 0.0195. The molecule has 0 spiro atoms. The van der Waals surface area contributed by atoms with Crippen molar-refractivity contribution in [2.45, 2.75) is 264 Å². The number of rotatable bonds is 56. The van der Waals surface area contributed by atoms with Crippen molar-refractivity contribution in [1.82, 2.24) is 0 Å². The van der Waals surface area contributed by atoms with E-state index in [0.717, 1.165) is 89.9 Å². The van der Waals surface area contributed by atoms with Crippen LogP contribution in [0.5, 0.6) is 0 Å². The summed E-state index contributed by atoms with van der Waals surface area (Å²) in [5, 5.41) is 11.8. The first-order valence-electron chi connectivity index (χ1n) is 30.9. The average Bonchev–Trinajstić information content (AvgIpc) is 3.39. The number of aliphatic carboxylic acids is 1. The molecule has 9 nitrogen and oxygen atoms in total. The Morgan fingerprint density at radius 2 is 0.750 bits per heavy atom. The number of carbonyl (C=O) groups is 3. The minimum atomic E-state index is -1.62. The number of ether oxygens (including phenoxy) is 4. The fourth-order valence-corrected chi connectivity index (χ4v) is 8.38. The van der Waals surface area contributed by atoms with E-state index in [0.29, 0.717) is 23.9 Å². The van der Waals surface area contributed by atoms with E-state index < -0.39 is 24.3 Å². The Hall–Kier alpha value is -3.79. The molecule has 0 N–H and O–H groups in total. The van der Waals surface area contributed by atoms with Gasteiger partial charge in [0.1, 0.15) is 13.2 Å². The van der Waals surface area contributed by atoms with Crippen LogP contribution in [0, 0.1) is 0 Å². The molecule has 436 valence electrons. The van der Waals surface area contributed by atoms with Crippen LogP contribution in [-0.2, 0) is 33.3 Å². The maximum Gasteiger partial charge on any atom is 0.306 e. The highest BCUT2D eigenvalue weighted by atomic mass is 16.7. The van der Waals surface area contributed by atoms with Crippen molar-refractivity contribution in [1.29, 1.82) is 0 Å². The van der Waals surface area contributed by atoms with Crippen LogP contribution in [-0.4, -0.2) is 82.3 Å². The molecule has 2 atom stereocenters. The number of hydrogen-bond donors (Lipinski definition) is 0.